The molecule has 0 radical (unpaired) electrons. The number of nitrogens with zero attached hydrogens (tertiary/aromatic N) is 2. The molecule has 0 aliphatic carbocycles. The van der Waals surface area contributed by atoms with E-state index in [1.54, 1.807) is 24.3 Å². The summed E-state index contributed by atoms with van der Waals surface area (Å²) in [6.07, 6.45) is 3.08. The van der Waals surface area contributed by atoms with Gasteiger partial charge in [-0.05, 0) is 19.2 Å². The second-order valence-corrected chi connectivity index (χ2v) is 4.95. The number of carbonyl (C=O) groups excluding carboxylic acids is 1. The van der Waals surface area contributed by atoms with Gasteiger partial charge >= 0.3 is 6.09 Å². The van der Waals surface area contributed by atoms with Crippen LogP contribution in [-0.2, 0) is 4.74 Å². The highest BCUT2D eigenvalue weighted by molar-refractivity contribution is 5.90. The van der Waals surface area contributed by atoms with Gasteiger partial charge in [0, 0.05) is 18.9 Å². The number of anilines is 1. The zero-order chi connectivity index (χ0) is 13.3. The molecule has 19 heavy (non-hydrogen) atoms. The fourth-order valence-corrected chi connectivity index (χ4v) is 2.62. The predicted molar refractivity (Wildman–Crippen MR) is 69.5 cm³/mol. The van der Waals surface area contributed by atoms with E-state index in [2.05, 4.69) is 10.3 Å². The van der Waals surface area contributed by atoms with Crippen LogP contribution in [-0.4, -0.2) is 43.4 Å². The van der Waals surface area contributed by atoms with Crippen LogP contribution in [0.1, 0.15) is 12.8 Å². The second-order valence-electron chi connectivity index (χ2n) is 4.95. The molecule has 2 saturated heterocycles. The maximum Gasteiger partial charge on any atom is 0.415 e. The van der Waals surface area contributed by atoms with Crippen molar-refractivity contribution in [2.45, 2.75) is 18.4 Å². The maximum atomic E-state index is 12.0. The van der Waals surface area contributed by atoms with Crippen molar-refractivity contribution in [1.82, 2.24) is 10.3 Å². The van der Waals surface area contributed by atoms with Gasteiger partial charge in [0.2, 0.25) is 5.88 Å². The average molecular weight is 263 g/mol. The highest BCUT2D eigenvalue weighted by Crippen LogP contribution is 2.34. The van der Waals surface area contributed by atoms with Crippen molar-refractivity contribution in [2.75, 3.05) is 31.6 Å². The van der Waals surface area contributed by atoms with Gasteiger partial charge in [0.05, 0.1) is 25.5 Å². The Bertz CT molecular complexity index is 469. The van der Waals surface area contributed by atoms with Crippen LogP contribution in [0.15, 0.2) is 18.3 Å². The third-order valence-electron chi connectivity index (χ3n) is 3.73. The van der Waals surface area contributed by atoms with Gasteiger partial charge in [0.1, 0.15) is 5.60 Å². The lowest BCUT2D eigenvalue weighted by Crippen LogP contribution is -2.44. The number of amides is 1. The lowest BCUT2D eigenvalue weighted by atomic mass is 9.92. The Kier molecular flexibility index (Phi) is 3.02. The Morgan fingerprint density at radius 1 is 1.42 bits per heavy atom. The number of carbonyl (C=O) groups is 1. The van der Waals surface area contributed by atoms with Crippen LogP contribution < -0.4 is 15.0 Å². The molecule has 6 heteroatoms. The molecule has 2 fully saturated rings. The SMILES string of the molecule is COc1ccc(N2CC3(CCNCC3)OC2=O)cn1. The Labute approximate surface area is 111 Å². The van der Waals surface area contributed by atoms with Crippen LogP contribution in [0.4, 0.5) is 10.5 Å². The second kappa shape index (κ2) is 4.70. The minimum absolute atomic E-state index is 0.283. The largest absolute Gasteiger partial charge is 0.481 e. The van der Waals surface area contributed by atoms with Gasteiger partial charge in [0.25, 0.3) is 0 Å². The summed E-state index contributed by atoms with van der Waals surface area (Å²) < 4.78 is 10.6. The first-order valence-electron chi connectivity index (χ1n) is 6.44. The number of rotatable bonds is 2. The quantitative estimate of drug-likeness (QED) is 0.867. The Morgan fingerprint density at radius 2 is 2.21 bits per heavy atom. The van der Waals surface area contributed by atoms with Crippen molar-refractivity contribution < 1.29 is 14.3 Å². The first-order chi connectivity index (χ1) is 9.22. The van der Waals surface area contributed by atoms with Crippen LogP contribution in [0.3, 0.4) is 0 Å². The fourth-order valence-electron chi connectivity index (χ4n) is 2.62. The van der Waals surface area contributed by atoms with Crippen molar-refractivity contribution in [2.24, 2.45) is 0 Å². The zero-order valence-corrected chi connectivity index (χ0v) is 10.9. The molecule has 0 atom stereocenters. The van der Waals surface area contributed by atoms with Crippen LogP contribution in [0.2, 0.25) is 0 Å². The van der Waals surface area contributed by atoms with E-state index in [0.717, 1.165) is 31.6 Å². The molecule has 1 aromatic heterocycles. The van der Waals surface area contributed by atoms with E-state index in [1.807, 2.05) is 6.07 Å². The van der Waals surface area contributed by atoms with Gasteiger partial charge in [-0.15, -0.1) is 0 Å². The molecule has 1 N–H and O–H groups in total. The number of pyridine rings is 1. The van der Waals surface area contributed by atoms with Crippen molar-refractivity contribution in [3.05, 3.63) is 18.3 Å². The van der Waals surface area contributed by atoms with Gasteiger partial charge in [-0.25, -0.2) is 9.78 Å². The van der Waals surface area contributed by atoms with E-state index in [9.17, 15) is 4.79 Å². The molecule has 0 saturated carbocycles. The number of nitrogens with one attached hydrogen (secondary N) is 1. The summed E-state index contributed by atoms with van der Waals surface area (Å²) >= 11 is 0. The predicted octanol–water partition coefficient (Wildman–Crippen LogP) is 1.17. The van der Waals surface area contributed by atoms with Crippen molar-refractivity contribution in [3.8, 4) is 5.88 Å². The normalized spacial score (nSPS) is 21.5. The molecule has 2 aliphatic rings. The van der Waals surface area contributed by atoms with Crippen molar-refractivity contribution in [3.63, 3.8) is 0 Å². The van der Waals surface area contributed by atoms with Gasteiger partial charge in [-0.2, -0.15) is 0 Å². The lowest BCUT2D eigenvalue weighted by Gasteiger charge is -2.31. The van der Waals surface area contributed by atoms with Gasteiger partial charge in [0.15, 0.2) is 0 Å². The molecule has 0 bridgehead atoms. The van der Waals surface area contributed by atoms with Crippen LogP contribution in [0.25, 0.3) is 0 Å². The molecule has 6 nitrogen and oxygen atoms in total. The number of aromatic nitrogens is 1. The molecule has 1 spiro atoms. The average Bonchev–Trinajstić information content (AvgIpc) is 2.76. The smallest absolute Gasteiger partial charge is 0.415 e. The summed E-state index contributed by atoms with van der Waals surface area (Å²) in [5.41, 5.74) is 0.420. The number of piperidine rings is 1. The summed E-state index contributed by atoms with van der Waals surface area (Å²) in [5.74, 6) is 0.535. The van der Waals surface area contributed by atoms with Gasteiger partial charge < -0.3 is 14.8 Å². The number of hydrogen-bond acceptors (Lipinski definition) is 5. The summed E-state index contributed by atoms with van der Waals surface area (Å²) in [5, 5.41) is 3.28. The molecular weight excluding hydrogens is 246 g/mol. The lowest BCUT2D eigenvalue weighted by molar-refractivity contribution is 0.0316. The van der Waals surface area contributed by atoms with E-state index in [0.29, 0.717) is 12.4 Å². The highest BCUT2D eigenvalue weighted by atomic mass is 16.6. The van der Waals surface area contributed by atoms with E-state index in [1.165, 1.54) is 0 Å². The molecule has 0 unspecified atom stereocenters. The van der Waals surface area contributed by atoms with Crippen LogP contribution >= 0.6 is 0 Å². The molecular formula is C13H17N3O3. The van der Waals surface area contributed by atoms with E-state index >= 15 is 0 Å². The monoisotopic (exact) mass is 263 g/mol. The van der Waals surface area contributed by atoms with Gasteiger partial charge in [-0.1, -0.05) is 0 Å². The Hall–Kier alpha value is -1.82. The van der Waals surface area contributed by atoms with E-state index in [-0.39, 0.29) is 11.7 Å². The van der Waals surface area contributed by atoms with Crippen molar-refractivity contribution >= 4 is 11.8 Å². The topological polar surface area (TPSA) is 63.7 Å². The highest BCUT2D eigenvalue weighted by Gasteiger charge is 2.46. The Balaban J connectivity index is 1.79. The molecule has 3 rings (SSSR count). The van der Waals surface area contributed by atoms with E-state index < -0.39 is 0 Å². The van der Waals surface area contributed by atoms with Crippen molar-refractivity contribution in [1.29, 1.82) is 0 Å². The molecule has 1 aromatic rings. The molecule has 1 amide bonds. The number of methoxy groups -OCH3 is 1. The minimum atomic E-state index is -0.331. The summed E-state index contributed by atoms with van der Waals surface area (Å²) in [4.78, 5) is 17.8. The molecule has 0 aromatic carbocycles. The number of hydrogen-bond donors (Lipinski definition) is 1. The number of ether oxygens (including phenoxy) is 2. The third-order valence-corrected chi connectivity index (χ3v) is 3.73. The van der Waals surface area contributed by atoms with Gasteiger partial charge in [-0.3, -0.25) is 4.90 Å². The van der Waals surface area contributed by atoms with Crippen LogP contribution in [0.5, 0.6) is 5.88 Å². The third kappa shape index (κ3) is 2.23. The Morgan fingerprint density at radius 3 is 2.84 bits per heavy atom. The van der Waals surface area contributed by atoms with Crippen LogP contribution in [0, 0.1) is 0 Å². The molecule has 3 heterocycles. The van der Waals surface area contributed by atoms with E-state index in [4.69, 9.17) is 9.47 Å². The fraction of sp³-hybridized carbons (Fsp3) is 0.538. The summed E-state index contributed by atoms with van der Waals surface area (Å²) in [6.45, 7) is 2.38. The summed E-state index contributed by atoms with van der Waals surface area (Å²) in [6, 6.07) is 3.57. The first kappa shape index (κ1) is 12.2. The molecule has 2 aliphatic heterocycles. The maximum absolute atomic E-state index is 12.0. The first-order valence-corrected chi connectivity index (χ1v) is 6.44. The summed E-state index contributed by atoms with van der Waals surface area (Å²) in [7, 11) is 1.57. The zero-order valence-electron chi connectivity index (χ0n) is 10.9. The minimum Gasteiger partial charge on any atom is -0.481 e. The molecule has 102 valence electrons. The standard InChI is InChI=1S/C13H17N3O3/c1-18-11-3-2-10(8-15-11)16-9-13(19-12(16)17)4-6-14-7-5-13/h2-3,8,14H,4-7,9H2,1H3.